The highest BCUT2D eigenvalue weighted by molar-refractivity contribution is 4.84. The van der Waals surface area contributed by atoms with E-state index < -0.39 is 0 Å². The maximum absolute atomic E-state index is 6.20. The predicted octanol–water partition coefficient (Wildman–Crippen LogP) is 1.49. The molecule has 3 rings (SSSR count). The SMILES string of the molecule is CNN1CCC(CN2CCC(O[C@H]3C[C@H](OC)C3)CC2)CC1. The van der Waals surface area contributed by atoms with Crippen LogP contribution < -0.4 is 5.43 Å². The number of rotatable bonds is 6. The van der Waals surface area contributed by atoms with E-state index in [1.807, 2.05) is 7.05 Å². The van der Waals surface area contributed by atoms with Crippen LogP contribution in [-0.2, 0) is 9.47 Å². The van der Waals surface area contributed by atoms with Gasteiger partial charge in [-0.3, -0.25) is 5.43 Å². The van der Waals surface area contributed by atoms with Crippen molar-refractivity contribution in [1.82, 2.24) is 15.3 Å². The van der Waals surface area contributed by atoms with E-state index in [1.54, 1.807) is 7.11 Å². The summed E-state index contributed by atoms with van der Waals surface area (Å²) >= 11 is 0. The van der Waals surface area contributed by atoms with Crippen molar-refractivity contribution in [3.63, 3.8) is 0 Å². The van der Waals surface area contributed by atoms with Crippen LogP contribution in [0.25, 0.3) is 0 Å². The summed E-state index contributed by atoms with van der Waals surface area (Å²) in [5.41, 5.74) is 3.26. The van der Waals surface area contributed by atoms with Crippen molar-refractivity contribution in [1.29, 1.82) is 0 Å². The third-order valence-electron chi connectivity index (χ3n) is 5.75. The summed E-state index contributed by atoms with van der Waals surface area (Å²) in [6, 6.07) is 0. The van der Waals surface area contributed by atoms with Crippen molar-refractivity contribution in [3.05, 3.63) is 0 Å². The predicted molar refractivity (Wildman–Crippen MR) is 87.7 cm³/mol. The molecule has 0 aromatic heterocycles. The Morgan fingerprint density at radius 1 is 0.909 bits per heavy atom. The second-order valence-electron chi connectivity index (χ2n) is 7.24. The number of hydrogen-bond acceptors (Lipinski definition) is 5. The number of ether oxygens (including phenoxy) is 2. The number of hydrazine groups is 1. The lowest BCUT2D eigenvalue weighted by Crippen LogP contribution is -2.46. The quantitative estimate of drug-likeness (QED) is 0.804. The van der Waals surface area contributed by atoms with Gasteiger partial charge in [0.1, 0.15) is 0 Å². The van der Waals surface area contributed by atoms with E-state index in [0.29, 0.717) is 18.3 Å². The zero-order valence-electron chi connectivity index (χ0n) is 14.3. The molecule has 1 aliphatic carbocycles. The van der Waals surface area contributed by atoms with Crippen molar-refractivity contribution in [3.8, 4) is 0 Å². The molecule has 5 heteroatoms. The summed E-state index contributed by atoms with van der Waals surface area (Å²) in [4.78, 5) is 2.66. The molecule has 0 bridgehead atoms. The van der Waals surface area contributed by atoms with Gasteiger partial charge in [0.2, 0.25) is 0 Å². The average Bonchev–Trinajstić information content (AvgIpc) is 2.53. The first-order chi connectivity index (χ1) is 10.8. The first-order valence-electron chi connectivity index (χ1n) is 9.09. The number of hydrogen-bond donors (Lipinski definition) is 1. The monoisotopic (exact) mass is 311 g/mol. The van der Waals surface area contributed by atoms with Gasteiger partial charge in [0.25, 0.3) is 0 Å². The van der Waals surface area contributed by atoms with Crippen LogP contribution in [0.3, 0.4) is 0 Å². The molecule has 5 nitrogen and oxygen atoms in total. The first kappa shape index (κ1) is 16.7. The van der Waals surface area contributed by atoms with Gasteiger partial charge in [-0.25, -0.2) is 5.01 Å². The smallest absolute Gasteiger partial charge is 0.0628 e. The third kappa shape index (κ3) is 4.42. The summed E-state index contributed by atoms with van der Waals surface area (Å²) in [5.74, 6) is 0.885. The van der Waals surface area contributed by atoms with Gasteiger partial charge < -0.3 is 14.4 Å². The topological polar surface area (TPSA) is 37.0 Å². The number of nitrogens with one attached hydrogen (secondary N) is 1. The fraction of sp³-hybridized carbons (Fsp3) is 1.00. The molecule has 2 saturated heterocycles. The van der Waals surface area contributed by atoms with Crippen molar-refractivity contribution >= 4 is 0 Å². The summed E-state index contributed by atoms with van der Waals surface area (Å²) in [6.45, 7) is 6.13. The van der Waals surface area contributed by atoms with Crippen LogP contribution in [0.15, 0.2) is 0 Å². The summed E-state index contributed by atoms with van der Waals surface area (Å²) in [5, 5.41) is 2.34. The lowest BCUT2D eigenvalue weighted by molar-refractivity contribution is -0.126. The molecule has 1 saturated carbocycles. The van der Waals surface area contributed by atoms with E-state index in [-0.39, 0.29) is 0 Å². The van der Waals surface area contributed by atoms with Crippen LogP contribution in [0.2, 0.25) is 0 Å². The molecule has 3 fully saturated rings. The van der Waals surface area contributed by atoms with Crippen LogP contribution in [0.5, 0.6) is 0 Å². The third-order valence-corrected chi connectivity index (χ3v) is 5.75. The van der Waals surface area contributed by atoms with Gasteiger partial charge in [-0.2, -0.15) is 0 Å². The minimum Gasteiger partial charge on any atom is -0.381 e. The van der Waals surface area contributed by atoms with Crippen LogP contribution in [-0.4, -0.2) is 75.1 Å². The van der Waals surface area contributed by atoms with Crippen molar-refractivity contribution < 1.29 is 9.47 Å². The molecule has 0 radical (unpaired) electrons. The highest BCUT2D eigenvalue weighted by atomic mass is 16.5. The maximum Gasteiger partial charge on any atom is 0.0628 e. The van der Waals surface area contributed by atoms with E-state index in [9.17, 15) is 0 Å². The highest BCUT2D eigenvalue weighted by Crippen LogP contribution is 2.29. The fourth-order valence-electron chi connectivity index (χ4n) is 4.03. The van der Waals surface area contributed by atoms with Crippen LogP contribution in [0, 0.1) is 5.92 Å². The Labute approximate surface area is 135 Å². The molecular weight excluding hydrogens is 278 g/mol. The molecule has 1 N–H and O–H groups in total. The molecule has 0 aromatic carbocycles. The Morgan fingerprint density at radius 3 is 2.18 bits per heavy atom. The number of methoxy groups -OCH3 is 1. The van der Waals surface area contributed by atoms with E-state index in [1.165, 1.54) is 58.4 Å². The maximum atomic E-state index is 6.20. The minimum absolute atomic E-state index is 0.452. The summed E-state index contributed by atoms with van der Waals surface area (Å²) in [7, 11) is 3.84. The Morgan fingerprint density at radius 2 is 1.59 bits per heavy atom. The highest BCUT2D eigenvalue weighted by Gasteiger charge is 2.33. The lowest BCUT2D eigenvalue weighted by Gasteiger charge is -2.40. The van der Waals surface area contributed by atoms with E-state index in [2.05, 4.69) is 15.3 Å². The van der Waals surface area contributed by atoms with Crippen molar-refractivity contribution in [2.24, 2.45) is 5.92 Å². The molecule has 22 heavy (non-hydrogen) atoms. The van der Waals surface area contributed by atoms with Crippen molar-refractivity contribution in [2.45, 2.75) is 56.8 Å². The standard InChI is InChI=1S/C17H33N3O2/c1-18-20-9-3-14(4-10-20)13-19-7-5-15(6-8-19)22-17-11-16(12-17)21-2/h14-18H,3-13H2,1-2H3/t16-,17-. The fourth-order valence-corrected chi connectivity index (χ4v) is 4.03. The molecule has 0 amide bonds. The number of piperidine rings is 2. The molecule has 0 spiro atoms. The lowest BCUT2D eigenvalue weighted by atomic mass is 9.91. The summed E-state index contributed by atoms with van der Waals surface area (Å²) in [6.07, 6.45) is 8.69. The summed E-state index contributed by atoms with van der Waals surface area (Å²) < 4.78 is 11.5. The van der Waals surface area contributed by atoms with Gasteiger partial charge >= 0.3 is 0 Å². The normalized spacial score (nSPS) is 33.0. The van der Waals surface area contributed by atoms with Crippen molar-refractivity contribution in [2.75, 3.05) is 46.9 Å². The van der Waals surface area contributed by atoms with Crippen LogP contribution >= 0.6 is 0 Å². The molecule has 2 aliphatic heterocycles. The molecular formula is C17H33N3O2. The van der Waals surface area contributed by atoms with E-state index in [0.717, 1.165) is 18.8 Å². The molecule has 0 atom stereocenters. The Bertz CT molecular complexity index is 320. The van der Waals surface area contributed by atoms with Gasteiger partial charge in [0, 0.05) is 39.8 Å². The second kappa shape index (κ2) is 8.06. The van der Waals surface area contributed by atoms with Gasteiger partial charge in [-0.05, 0) is 51.5 Å². The average molecular weight is 311 g/mol. The zero-order valence-corrected chi connectivity index (χ0v) is 14.3. The molecule has 0 aromatic rings. The molecule has 0 unspecified atom stereocenters. The largest absolute Gasteiger partial charge is 0.381 e. The first-order valence-corrected chi connectivity index (χ1v) is 9.09. The Hall–Kier alpha value is -0.200. The molecule has 2 heterocycles. The number of likely N-dealkylation sites (tertiary alicyclic amines) is 1. The molecule has 128 valence electrons. The Kier molecular flexibility index (Phi) is 6.10. The van der Waals surface area contributed by atoms with Gasteiger partial charge in [-0.1, -0.05) is 0 Å². The number of nitrogens with zero attached hydrogens (tertiary/aromatic N) is 2. The van der Waals surface area contributed by atoms with Gasteiger partial charge in [-0.15, -0.1) is 0 Å². The van der Waals surface area contributed by atoms with E-state index in [4.69, 9.17) is 9.47 Å². The van der Waals surface area contributed by atoms with E-state index >= 15 is 0 Å². The van der Waals surface area contributed by atoms with Crippen LogP contribution in [0.4, 0.5) is 0 Å². The zero-order chi connectivity index (χ0) is 15.4. The van der Waals surface area contributed by atoms with Gasteiger partial charge in [0.05, 0.1) is 18.3 Å². The Balaban J connectivity index is 1.29. The second-order valence-corrected chi connectivity index (χ2v) is 7.24. The minimum atomic E-state index is 0.452. The van der Waals surface area contributed by atoms with Crippen LogP contribution in [0.1, 0.15) is 38.5 Å². The molecule has 3 aliphatic rings. The van der Waals surface area contributed by atoms with Gasteiger partial charge in [0.15, 0.2) is 0 Å².